The number of hydrogen-bond donors (Lipinski definition) is 0. The molecule has 3 heteroatoms. The maximum atomic E-state index is 11.6. The molecule has 0 saturated carbocycles. The molecule has 2 aromatic carbocycles. The van der Waals surface area contributed by atoms with Crippen LogP contribution in [0.15, 0.2) is 42.5 Å². The molecule has 0 aliphatic heterocycles. The number of hydrogen-bond acceptors (Lipinski definition) is 3. The van der Waals surface area contributed by atoms with E-state index in [4.69, 9.17) is 10.00 Å². The topological polar surface area (TPSA) is 50.1 Å². The van der Waals surface area contributed by atoms with Crippen LogP contribution in [0.5, 0.6) is 5.75 Å². The van der Waals surface area contributed by atoms with Crippen molar-refractivity contribution < 1.29 is 9.53 Å². The van der Waals surface area contributed by atoms with Gasteiger partial charge in [0.15, 0.2) is 5.78 Å². The number of aryl methyl sites for hydroxylation is 1. The van der Waals surface area contributed by atoms with Gasteiger partial charge in [0.25, 0.3) is 0 Å². The Labute approximate surface area is 117 Å². The van der Waals surface area contributed by atoms with Crippen molar-refractivity contribution in [2.45, 2.75) is 19.4 Å². The Hall–Kier alpha value is -2.60. The fraction of sp³-hybridized carbons (Fsp3) is 0.176. The number of carbonyl (C=O) groups excluding carboxylic acids is 1. The van der Waals surface area contributed by atoms with Gasteiger partial charge in [0, 0.05) is 17.5 Å². The fourth-order valence-corrected chi connectivity index (χ4v) is 2.44. The van der Waals surface area contributed by atoms with Gasteiger partial charge < -0.3 is 4.74 Å². The molecule has 1 aliphatic rings. The lowest BCUT2D eigenvalue weighted by Gasteiger charge is -2.09. The zero-order valence-corrected chi connectivity index (χ0v) is 10.9. The molecule has 0 aromatic heterocycles. The van der Waals surface area contributed by atoms with Gasteiger partial charge in [-0.2, -0.15) is 5.26 Å². The van der Waals surface area contributed by atoms with Crippen LogP contribution in [0.25, 0.3) is 0 Å². The summed E-state index contributed by atoms with van der Waals surface area (Å²) >= 11 is 0. The highest BCUT2D eigenvalue weighted by Crippen LogP contribution is 2.26. The molecule has 0 atom stereocenters. The molecule has 0 heterocycles. The van der Waals surface area contributed by atoms with Crippen LogP contribution in [-0.4, -0.2) is 5.78 Å². The number of Topliss-reactive ketones (excluding diaryl/α,β-unsaturated/α-hetero) is 1. The average molecular weight is 263 g/mol. The SMILES string of the molecule is N#Cc1ccccc1COc1ccc2c(c1)CCC2=O. The summed E-state index contributed by atoms with van der Waals surface area (Å²) in [6.45, 7) is 0.358. The van der Waals surface area contributed by atoms with E-state index in [2.05, 4.69) is 6.07 Å². The first-order valence-electron chi connectivity index (χ1n) is 6.55. The van der Waals surface area contributed by atoms with Gasteiger partial charge in [-0.25, -0.2) is 0 Å². The molecular formula is C17H13NO2. The lowest BCUT2D eigenvalue weighted by atomic mass is 10.1. The van der Waals surface area contributed by atoms with Crippen molar-refractivity contribution in [3.05, 3.63) is 64.7 Å². The maximum Gasteiger partial charge on any atom is 0.163 e. The molecule has 0 fully saturated rings. The van der Waals surface area contributed by atoms with Crippen molar-refractivity contribution in [2.75, 3.05) is 0 Å². The number of carbonyl (C=O) groups is 1. The first-order valence-corrected chi connectivity index (χ1v) is 6.55. The average Bonchev–Trinajstić information content (AvgIpc) is 2.86. The summed E-state index contributed by atoms with van der Waals surface area (Å²) in [6, 6.07) is 15.1. The monoisotopic (exact) mass is 263 g/mol. The summed E-state index contributed by atoms with van der Waals surface area (Å²) in [6.07, 6.45) is 1.39. The third-order valence-electron chi connectivity index (χ3n) is 3.53. The summed E-state index contributed by atoms with van der Waals surface area (Å²) in [5.74, 6) is 0.951. The Morgan fingerprint density at radius 2 is 2.00 bits per heavy atom. The predicted octanol–water partition coefficient (Wildman–Crippen LogP) is 3.27. The van der Waals surface area contributed by atoms with Gasteiger partial charge >= 0.3 is 0 Å². The minimum absolute atomic E-state index is 0.210. The zero-order chi connectivity index (χ0) is 13.9. The Kier molecular flexibility index (Phi) is 3.22. The van der Waals surface area contributed by atoms with E-state index in [1.165, 1.54) is 0 Å². The van der Waals surface area contributed by atoms with E-state index in [1.807, 2.05) is 36.4 Å². The van der Waals surface area contributed by atoms with Crippen molar-refractivity contribution in [1.82, 2.24) is 0 Å². The van der Waals surface area contributed by atoms with Gasteiger partial charge in [0.1, 0.15) is 12.4 Å². The number of fused-ring (bicyclic) bond motifs is 1. The molecule has 1 aliphatic carbocycles. The second kappa shape index (κ2) is 5.18. The standard InChI is InChI=1S/C17H13NO2/c18-10-13-3-1-2-4-14(13)11-20-15-6-7-16-12(9-15)5-8-17(16)19/h1-4,6-7,9H,5,8,11H2. The number of ether oxygens (including phenoxy) is 1. The molecule has 0 bridgehead atoms. The van der Waals surface area contributed by atoms with Gasteiger partial charge in [0.2, 0.25) is 0 Å². The molecular weight excluding hydrogens is 250 g/mol. The second-order valence-electron chi connectivity index (χ2n) is 4.80. The quantitative estimate of drug-likeness (QED) is 0.854. The van der Waals surface area contributed by atoms with Crippen LogP contribution in [0.3, 0.4) is 0 Å². The fourth-order valence-electron chi connectivity index (χ4n) is 2.44. The van der Waals surface area contributed by atoms with Gasteiger partial charge in [-0.05, 0) is 36.2 Å². The van der Waals surface area contributed by atoms with E-state index < -0.39 is 0 Å². The molecule has 0 spiro atoms. The minimum Gasteiger partial charge on any atom is -0.489 e. The normalized spacial score (nSPS) is 12.8. The Bertz CT molecular complexity index is 713. The Morgan fingerprint density at radius 1 is 1.15 bits per heavy atom. The molecule has 3 nitrogen and oxygen atoms in total. The third kappa shape index (κ3) is 2.28. The van der Waals surface area contributed by atoms with E-state index in [-0.39, 0.29) is 5.78 Å². The summed E-state index contributed by atoms with van der Waals surface area (Å²) in [4.78, 5) is 11.6. The lowest BCUT2D eigenvalue weighted by molar-refractivity contribution is 0.0994. The van der Waals surface area contributed by atoms with Crippen LogP contribution < -0.4 is 4.74 Å². The summed E-state index contributed by atoms with van der Waals surface area (Å²) in [5, 5.41) is 9.03. The van der Waals surface area contributed by atoms with E-state index in [1.54, 1.807) is 6.07 Å². The highest BCUT2D eigenvalue weighted by atomic mass is 16.5. The van der Waals surface area contributed by atoms with Crippen LogP contribution in [0.1, 0.15) is 33.5 Å². The van der Waals surface area contributed by atoms with Crippen LogP contribution in [0, 0.1) is 11.3 Å². The van der Waals surface area contributed by atoms with Crippen molar-refractivity contribution in [2.24, 2.45) is 0 Å². The molecule has 0 amide bonds. The predicted molar refractivity (Wildman–Crippen MR) is 74.6 cm³/mol. The van der Waals surface area contributed by atoms with E-state index in [0.29, 0.717) is 18.6 Å². The zero-order valence-electron chi connectivity index (χ0n) is 10.9. The summed E-state index contributed by atoms with van der Waals surface area (Å²) in [5.41, 5.74) is 3.37. The number of nitriles is 1. The molecule has 20 heavy (non-hydrogen) atoms. The number of benzene rings is 2. The molecule has 98 valence electrons. The van der Waals surface area contributed by atoms with E-state index >= 15 is 0 Å². The molecule has 0 saturated heterocycles. The van der Waals surface area contributed by atoms with Crippen LogP contribution >= 0.6 is 0 Å². The molecule has 0 unspecified atom stereocenters. The summed E-state index contributed by atoms with van der Waals surface area (Å²) < 4.78 is 5.73. The minimum atomic E-state index is 0.210. The molecule has 3 rings (SSSR count). The Balaban J connectivity index is 1.77. The molecule has 2 aromatic rings. The largest absolute Gasteiger partial charge is 0.489 e. The first-order chi connectivity index (χ1) is 9.78. The van der Waals surface area contributed by atoms with Gasteiger partial charge in [-0.1, -0.05) is 18.2 Å². The summed E-state index contributed by atoms with van der Waals surface area (Å²) in [7, 11) is 0. The van der Waals surface area contributed by atoms with Crippen LogP contribution in [0.2, 0.25) is 0 Å². The third-order valence-corrected chi connectivity index (χ3v) is 3.53. The number of rotatable bonds is 3. The van der Waals surface area contributed by atoms with Crippen molar-refractivity contribution in [3.8, 4) is 11.8 Å². The van der Waals surface area contributed by atoms with Crippen molar-refractivity contribution >= 4 is 5.78 Å². The number of nitrogens with zero attached hydrogens (tertiary/aromatic N) is 1. The molecule has 0 radical (unpaired) electrons. The lowest BCUT2D eigenvalue weighted by Crippen LogP contribution is -1.99. The van der Waals surface area contributed by atoms with Gasteiger partial charge in [-0.3, -0.25) is 4.79 Å². The Morgan fingerprint density at radius 3 is 2.85 bits per heavy atom. The van der Waals surface area contributed by atoms with Gasteiger partial charge in [-0.15, -0.1) is 0 Å². The number of ketones is 1. The smallest absolute Gasteiger partial charge is 0.163 e. The van der Waals surface area contributed by atoms with Crippen LogP contribution in [0.4, 0.5) is 0 Å². The maximum absolute atomic E-state index is 11.6. The second-order valence-corrected chi connectivity index (χ2v) is 4.80. The van der Waals surface area contributed by atoms with Crippen molar-refractivity contribution in [1.29, 1.82) is 5.26 Å². The first kappa shape index (κ1) is 12.4. The van der Waals surface area contributed by atoms with Crippen molar-refractivity contribution in [3.63, 3.8) is 0 Å². The highest BCUT2D eigenvalue weighted by Gasteiger charge is 2.19. The van der Waals surface area contributed by atoms with E-state index in [9.17, 15) is 4.79 Å². The van der Waals surface area contributed by atoms with Crippen LogP contribution in [-0.2, 0) is 13.0 Å². The molecule has 0 N–H and O–H groups in total. The van der Waals surface area contributed by atoms with E-state index in [0.717, 1.165) is 28.9 Å². The van der Waals surface area contributed by atoms with Gasteiger partial charge in [0.05, 0.1) is 11.6 Å². The highest BCUT2D eigenvalue weighted by molar-refractivity contribution is 6.00.